The fourth-order valence-electron chi connectivity index (χ4n) is 4.85. The van der Waals surface area contributed by atoms with Crippen molar-refractivity contribution in [3.05, 3.63) is 164 Å². The smallest absolute Gasteiger partial charge is 0.0468 e. The molecular weight excluding hydrogens is 446 g/mol. The number of rotatable bonds is 6. The van der Waals surface area contributed by atoms with Crippen molar-refractivity contribution in [1.29, 1.82) is 0 Å². The highest BCUT2D eigenvalue weighted by molar-refractivity contribution is 5.89. The molecule has 0 heterocycles. The molecule has 0 aliphatic heterocycles. The number of hydrogen-bond donors (Lipinski definition) is 0. The predicted molar refractivity (Wildman–Crippen MR) is 157 cm³/mol. The Morgan fingerprint density at radius 2 is 0.676 bits per heavy atom. The van der Waals surface area contributed by atoms with E-state index in [4.69, 9.17) is 0 Å². The molecule has 6 aromatic carbocycles. The number of para-hydroxylation sites is 2. The van der Waals surface area contributed by atoms with Gasteiger partial charge in [-0.25, -0.2) is 0 Å². The first kappa shape index (κ1) is 22.6. The van der Waals surface area contributed by atoms with Crippen LogP contribution in [0.15, 0.2) is 164 Å². The van der Waals surface area contributed by atoms with Gasteiger partial charge in [-0.2, -0.15) is 0 Å². The maximum Gasteiger partial charge on any atom is 0.0468 e. The highest BCUT2D eigenvalue weighted by atomic mass is 15.1. The van der Waals surface area contributed by atoms with Crippen molar-refractivity contribution in [2.45, 2.75) is 0 Å². The fraction of sp³-hybridized carbons (Fsp3) is 0. The van der Waals surface area contributed by atoms with Gasteiger partial charge in [-0.3, -0.25) is 0 Å². The second-order valence-corrected chi connectivity index (χ2v) is 9.05. The van der Waals surface area contributed by atoms with E-state index in [2.05, 4.69) is 169 Å². The summed E-state index contributed by atoms with van der Waals surface area (Å²) in [5.41, 5.74) is 10.7. The van der Waals surface area contributed by atoms with E-state index in [-0.39, 0.29) is 0 Å². The Labute approximate surface area is 218 Å². The van der Waals surface area contributed by atoms with E-state index >= 15 is 0 Å². The molecule has 0 N–H and O–H groups in total. The minimum absolute atomic E-state index is 1.13. The molecule has 1 nitrogen and oxygen atoms in total. The molecule has 0 radical (unpaired) electrons. The van der Waals surface area contributed by atoms with E-state index in [0.717, 1.165) is 17.1 Å². The van der Waals surface area contributed by atoms with Crippen LogP contribution in [0.4, 0.5) is 17.1 Å². The third-order valence-corrected chi connectivity index (χ3v) is 6.68. The van der Waals surface area contributed by atoms with Crippen molar-refractivity contribution in [3.8, 4) is 33.4 Å². The summed E-state index contributed by atoms with van der Waals surface area (Å²) >= 11 is 0. The molecule has 0 spiro atoms. The minimum atomic E-state index is 1.13. The SMILES string of the molecule is c1ccc(-c2ccc(-c3ccc(N(c4ccccc4)c4ccccc4)cc3-c3ccccc3)cc2)cc1. The Morgan fingerprint density at radius 1 is 0.270 bits per heavy atom. The molecule has 0 aliphatic rings. The van der Waals surface area contributed by atoms with Crippen molar-refractivity contribution in [2.75, 3.05) is 4.90 Å². The summed E-state index contributed by atoms with van der Waals surface area (Å²) in [7, 11) is 0. The van der Waals surface area contributed by atoms with Crippen molar-refractivity contribution < 1.29 is 0 Å². The molecule has 6 rings (SSSR count). The molecule has 0 aromatic heterocycles. The van der Waals surface area contributed by atoms with E-state index in [1.54, 1.807) is 0 Å². The Kier molecular flexibility index (Phi) is 6.34. The lowest BCUT2D eigenvalue weighted by molar-refractivity contribution is 1.28. The Bertz CT molecular complexity index is 1530. The maximum absolute atomic E-state index is 2.32. The van der Waals surface area contributed by atoms with Crippen LogP contribution in [0.2, 0.25) is 0 Å². The van der Waals surface area contributed by atoms with Gasteiger partial charge in [0.1, 0.15) is 0 Å². The topological polar surface area (TPSA) is 3.24 Å². The summed E-state index contributed by atoms with van der Waals surface area (Å²) < 4.78 is 0. The largest absolute Gasteiger partial charge is 0.310 e. The molecule has 176 valence electrons. The number of anilines is 3. The number of nitrogens with zero attached hydrogens (tertiary/aromatic N) is 1. The highest BCUT2D eigenvalue weighted by Gasteiger charge is 2.16. The normalized spacial score (nSPS) is 10.7. The average molecular weight is 474 g/mol. The van der Waals surface area contributed by atoms with Gasteiger partial charge in [-0.1, -0.05) is 127 Å². The van der Waals surface area contributed by atoms with Gasteiger partial charge < -0.3 is 4.90 Å². The predicted octanol–water partition coefficient (Wildman–Crippen LogP) is 10.2. The summed E-state index contributed by atoms with van der Waals surface area (Å²) in [6, 6.07) is 58.0. The van der Waals surface area contributed by atoms with Gasteiger partial charge in [0.2, 0.25) is 0 Å². The minimum Gasteiger partial charge on any atom is -0.310 e. The van der Waals surface area contributed by atoms with E-state index in [1.807, 2.05) is 0 Å². The van der Waals surface area contributed by atoms with E-state index < -0.39 is 0 Å². The van der Waals surface area contributed by atoms with Gasteiger partial charge in [-0.05, 0) is 69.8 Å². The molecule has 0 saturated carbocycles. The molecule has 0 aliphatic carbocycles. The number of benzene rings is 6. The first-order valence-corrected chi connectivity index (χ1v) is 12.6. The summed E-state index contributed by atoms with van der Waals surface area (Å²) in [6.07, 6.45) is 0. The molecule has 1 heteroatoms. The second kappa shape index (κ2) is 10.4. The van der Waals surface area contributed by atoms with Crippen LogP contribution in [0.1, 0.15) is 0 Å². The molecule has 0 atom stereocenters. The van der Waals surface area contributed by atoms with Gasteiger partial charge in [0.25, 0.3) is 0 Å². The fourth-order valence-corrected chi connectivity index (χ4v) is 4.85. The van der Waals surface area contributed by atoms with Crippen LogP contribution >= 0.6 is 0 Å². The van der Waals surface area contributed by atoms with Gasteiger partial charge in [0.15, 0.2) is 0 Å². The molecule has 0 unspecified atom stereocenters. The molecular formula is C36H27N. The lowest BCUT2D eigenvalue weighted by atomic mass is 9.92. The van der Waals surface area contributed by atoms with Crippen LogP contribution < -0.4 is 4.90 Å². The van der Waals surface area contributed by atoms with Crippen LogP contribution in [0.5, 0.6) is 0 Å². The molecule has 0 bridgehead atoms. The lowest BCUT2D eigenvalue weighted by Crippen LogP contribution is -2.10. The van der Waals surface area contributed by atoms with Crippen molar-refractivity contribution >= 4 is 17.1 Å². The molecule has 0 amide bonds. The third kappa shape index (κ3) is 4.80. The van der Waals surface area contributed by atoms with Crippen LogP contribution in [-0.2, 0) is 0 Å². The van der Waals surface area contributed by atoms with Crippen molar-refractivity contribution in [3.63, 3.8) is 0 Å². The molecule has 6 aromatic rings. The van der Waals surface area contributed by atoms with Crippen LogP contribution in [0.3, 0.4) is 0 Å². The van der Waals surface area contributed by atoms with E-state index in [1.165, 1.54) is 33.4 Å². The molecule has 0 saturated heterocycles. The van der Waals surface area contributed by atoms with Crippen LogP contribution in [0.25, 0.3) is 33.4 Å². The third-order valence-electron chi connectivity index (χ3n) is 6.68. The Balaban J connectivity index is 1.48. The van der Waals surface area contributed by atoms with Gasteiger partial charge in [-0.15, -0.1) is 0 Å². The van der Waals surface area contributed by atoms with Crippen LogP contribution in [0, 0.1) is 0 Å². The lowest BCUT2D eigenvalue weighted by Gasteiger charge is -2.26. The quantitative estimate of drug-likeness (QED) is 0.233. The standard InChI is InChI=1S/C36H27N/c1-5-13-28(14-6-1)29-21-23-31(24-22-29)35-26-25-34(27-36(35)30-15-7-2-8-16-30)37(32-17-9-3-10-18-32)33-19-11-4-12-20-33/h1-27H. The van der Waals surface area contributed by atoms with Crippen molar-refractivity contribution in [1.82, 2.24) is 0 Å². The van der Waals surface area contributed by atoms with Gasteiger partial charge in [0.05, 0.1) is 0 Å². The summed E-state index contributed by atoms with van der Waals surface area (Å²) in [5.74, 6) is 0. The monoisotopic (exact) mass is 473 g/mol. The van der Waals surface area contributed by atoms with E-state index in [9.17, 15) is 0 Å². The molecule has 37 heavy (non-hydrogen) atoms. The van der Waals surface area contributed by atoms with E-state index in [0.29, 0.717) is 0 Å². The summed E-state index contributed by atoms with van der Waals surface area (Å²) in [5, 5.41) is 0. The van der Waals surface area contributed by atoms with Crippen LogP contribution in [-0.4, -0.2) is 0 Å². The average Bonchev–Trinajstić information content (AvgIpc) is 2.99. The van der Waals surface area contributed by atoms with Crippen molar-refractivity contribution in [2.24, 2.45) is 0 Å². The number of hydrogen-bond acceptors (Lipinski definition) is 1. The Morgan fingerprint density at radius 3 is 1.22 bits per heavy atom. The first-order chi connectivity index (χ1) is 18.4. The molecule has 0 fully saturated rings. The summed E-state index contributed by atoms with van der Waals surface area (Å²) in [6.45, 7) is 0. The second-order valence-electron chi connectivity index (χ2n) is 9.05. The summed E-state index contributed by atoms with van der Waals surface area (Å²) in [4.78, 5) is 2.31. The highest BCUT2D eigenvalue weighted by Crippen LogP contribution is 2.40. The van der Waals surface area contributed by atoms with Gasteiger partial charge in [0, 0.05) is 17.1 Å². The zero-order valence-electron chi connectivity index (χ0n) is 20.5. The zero-order valence-corrected chi connectivity index (χ0v) is 20.5. The zero-order chi connectivity index (χ0) is 24.9. The Hall–Kier alpha value is -4.88. The van der Waals surface area contributed by atoms with Gasteiger partial charge >= 0.3 is 0 Å². The first-order valence-electron chi connectivity index (χ1n) is 12.6. The maximum atomic E-state index is 2.32.